The lowest BCUT2D eigenvalue weighted by molar-refractivity contribution is -0.137. The molecule has 1 aromatic heterocycles. The predicted octanol–water partition coefficient (Wildman–Crippen LogP) is 2.26. The summed E-state index contributed by atoms with van der Waals surface area (Å²) in [6.45, 7) is 0.637. The Morgan fingerprint density at radius 2 is 2.06 bits per heavy atom. The summed E-state index contributed by atoms with van der Waals surface area (Å²) in [4.78, 5) is 21.7. The molecule has 5 heteroatoms. The van der Waals surface area contributed by atoms with E-state index in [-0.39, 0.29) is 12.0 Å². The second-order valence-electron chi connectivity index (χ2n) is 3.58. The summed E-state index contributed by atoms with van der Waals surface area (Å²) >= 11 is 3.30. The third kappa shape index (κ3) is 4.61. The van der Waals surface area contributed by atoms with Crippen molar-refractivity contribution in [3.8, 4) is 0 Å². The number of pyridine rings is 1. The first kappa shape index (κ1) is 13.0. The topological polar surface area (TPSA) is 59.3 Å². The van der Waals surface area contributed by atoms with Crippen molar-refractivity contribution in [3.05, 3.63) is 33.2 Å². The molecule has 0 radical (unpaired) electrons. The smallest absolute Gasteiger partial charge is 0.303 e. The first-order chi connectivity index (χ1) is 7.59. The molecule has 1 heterocycles. The quantitative estimate of drug-likeness (QED) is 0.817. The molecule has 0 aliphatic carbocycles. The lowest BCUT2D eigenvalue weighted by atomic mass is 10.2. The third-order valence-electron chi connectivity index (χ3n) is 2.24. The zero-order valence-corrected chi connectivity index (χ0v) is 10.4. The molecule has 0 amide bonds. The van der Waals surface area contributed by atoms with Crippen LogP contribution in [0.1, 0.15) is 25.7 Å². The van der Waals surface area contributed by atoms with Gasteiger partial charge in [-0.05, 0) is 34.8 Å². The van der Waals surface area contributed by atoms with Gasteiger partial charge in [-0.15, -0.1) is 0 Å². The van der Waals surface area contributed by atoms with Crippen molar-refractivity contribution in [1.82, 2.24) is 4.57 Å². The molecule has 1 rings (SSSR count). The van der Waals surface area contributed by atoms with Crippen LogP contribution in [0.4, 0.5) is 0 Å². The highest BCUT2D eigenvalue weighted by Gasteiger charge is 1.99. The Bertz CT molecular complexity index is 414. The second kappa shape index (κ2) is 6.48. The number of halogens is 1. The van der Waals surface area contributed by atoms with Crippen LogP contribution < -0.4 is 5.56 Å². The fourth-order valence-electron chi connectivity index (χ4n) is 1.41. The summed E-state index contributed by atoms with van der Waals surface area (Å²) in [5, 5.41) is 8.45. The molecule has 0 saturated heterocycles. The monoisotopic (exact) mass is 287 g/mol. The average molecular weight is 288 g/mol. The molecule has 0 fully saturated rings. The number of hydrogen-bond donors (Lipinski definition) is 1. The summed E-state index contributed by atoms with van der Waals surface area (Å²) < 4.78 is 2.50. The standard InChI is InChI=1S/C11H14BrNO3/c12-9-5-6-10(14)13(8-9)7-3-1-2-4-11(15)16/h5-6,8H,1-4,7H2,(H,15,16). The van der Waals surface area contributed by atoms with Crippen molar-refractivity contribution in [3.63, 3.8) is 0 Å². The molecular formula is C11H14BrNO3. The number of aromatic nitrogens is 1. The van der Waals surface area contributed by atoms with E-state index in [1.807, 2.05) is 0 Å². The first-order valence-corrected chi connectivity index (χ1v) is 5.96. The number of nitrogens with zero attached hydrogens (tertiary/aromatic N) is 1. The molecule has 1 N–H and O–H groups in total. The molecule has 88 valence electrons. The normalized spacial score (nSPS) is 10.3. The van der Waals surface area contributed by atoms with Gasteiger partial charge in [0.05, 0.1) is 0 Å². The average Bonchev–Trinajstić information content (AvgIpc) is 2.22. The molecule has 0 saturated carbocycles. The van der Waals surface area contributed by atoms with Gasteiger partial charge in [-0.3, -0.25) is 9.59 Å². The summed E-state index contributed by atoms with van der Waals surface area (Å²) in [5.74, 6) is -0.764. The van der Waals surface area contributed by atoms with E-state index in [4.69, 9.17) is 5.11 Å². The third-order valence-corrected chi connectivity index (χ3v) is 2.71. The van der Waals surface area contributed by atoms with Crippen molar-refractivity contribution in [2.45, 2.75) is 32.2 Å². The Morgan fingerprint density at radius 3 is 2.75 bits per heavy atom. The van der Waals surface area contributed by atoms with Crippen molar-refractivity contribution in [1.29, 1.82) is 0 Å². The minimum Gasteiger partial charge on any atom is -0.481 e. The number of aliphatic carboxylic acids is 1. The number of aryl methyl sites for hydroxylation is 1. The van der Waals surface area contributed by atoms with Gasteiger partial charge >= 0.3 is 5.97 Å². The first-order valence-electron chi connectivity index (χ1n) is 5.17. The molecule has 0 aliphatic rings. The van der Waals surface area contributed by atoms with Crippen molar-refractivity contribution in [2.24, 2.45) is 0 Å². The largest absolute Gasteiger partial charge is 0.481 e. The molecule has 0 unspecified atom stereocenters. The summed E-state index contributed by atoms with van der Waals surface area (Å²) in [6.07, 6.45) is 4.26. The van der Waals surface area contributed by atoms with E-state index in [1.54, 1.807) is 16.8 Å². The van der Waals surface area contributed by atoms with Crippen LogP contribution in [0.5, 0.6) is 0 Å². The van der Waals surface area contributed by atoms with Crippen molar-refractivity contribution in [2.75, 3.05) is 0 Å². The van der Waals surface area contributed by atoms with E-state index in [0.29, 0.717) is 13.0 Å². The molecular weight excluding hydrogens is 274 g/mol. The molecule has 0 bridgehead atoms. The van der Waals surface area contributed by atoms with E-state index in [0.717, 1.165) is 17.3 Å². The van der Waals surface area contributed by atoms with E-state index >= 15 is 0 Å². The number of rotatable bonds is 6. The van der Waals surface area contributed by atoms with Gasteiger partial charge in [0.25, 0.3) is 5.56 Å². The maximum Gasteiger partial charge on any atom is 0.303 e. The van der Waals surface area contributed by atoms with E-state index in [1.165, 1.54) is 6.07 Å². The van der Waals surface area contributed by atoms with Gasteiger partial charge in [0.1, 0.15) is 0 Å². The van der Waals surface area contributed by atoms with Gasteiger partial charge in [0.2, 0.25) is 0 Å². The summed E-state index contributed by atoms with van der Waals surface area (Å²) in [5.41, 5.74) is -0.0264. The SMILES string of the molecule is O=C(O)CCCCCn1cc(Br)ccc1=O. The number of hydrogen-bond acceptors (Lipinski definition) is 2. The van der Waals surface area contributed by atoms with Crippen molar-refractivity contribution >= 4 is 21.9 Å². The molecule has 0 aromatic carbocycles. The van der Waals surface area contributed by atoms with Gasteiger partial charge in [-0.25, -0.2) is 0 Å². The Hall–Kier alpha value is -1.10. The molecule has 0 spiro atoms. The van der Waals surface area contributed by atoms with Crippen LogP contribution in [-0.2, 0) is 11.3 Å². The van der Waals surface area contributed by atoms with Gasteiger partial charge < -0.3 is 9.67 Å². The minimum absolute atomic E-state index is 0.0264. The van der Waals surface area contributed by atoms with Gasteiger partial charge in [0, 0.05) is 29.7 Å². The van der Waals surface area contributed by atoms with Crippen LogP contribution in [0, 0.1) is 0 Å². The Balaban J connectivity index is 2.34. The van der Waals surface area contributed by atoms with Gasteiger partial charge in [0.15, 0.2) is 0 Å². The van der Waals surface area contributed by atoms with Crippen LogP contribution in [-0.4, -0.2) is 15.6 Å². The molecule has 16 heavy (non-hydrogen) atoms. The molecule has 4 nitrogen and oxygen atoms in total. The predicted molar refractivity (Wildman–Crippen MR) is 64.5 cm³/mol. The highest BCUT2D eigenvalue weighted by molar-refractivity contribution is 9.10. The number of carbonyl (C=O) groups is 1. The van der Waals surface area contributed by atoms with Gasteiger partial charge in [-0.1, -0.05) is 6.42 Å². The fourth-order valence-corrected chi connectivity index (χ4v) is 1.79. The number of carboxylic acid groups (broad SMARTS) is 1. The Labute approximate surface area is 102 Å². The molecule has 1 aromatic rings. The van der Waals surface area contributed by atoms with E-state index < -0.39 is 5.97 Å². The maximum absolute atomic E-state index is 11.4. The summed E-state index contributed by atoms with van der Waals surface area (Å²) in [7, 11) is 0. The van der Waals surface area contributed by atoms with Crippen LogP contribution in [0.3, 0.4) is 0 Å². The Morgan fingerprint density at radius 1 is 1.31 bits per heavy atom. The maximum atomic E-state index is 11.4. The van der Waals surface area contributed by atoms with E-state index in [9.17, 15) is 9.59 Å². The second-order valence-corrected chi connectivity index (χ2v) is 4.50. The van der Waals surface area contributed by atoms with Gasteiger partial charge in [-0.2, -0.15) is 0 Å². The lowest BCUT2D eigenvalue weighted by Crippen LogP contribution is -2.18. The highest BCUT2D eigenvalue weighted by atomic mass is 79.9. The number of carboxylic acids is 1. The number of unbranched alkanes of at least 4 members (excludes halogenated alkanes) is 2. The molecule has 0 aliphatic heterocycles. The van der Waals surface area contributed by atoms with Crippen LogP contribution in [0.2, 0.25) is 0 Å². The Kier molecular flexibility index (Phi) is 5.25. The summed E-state index contributed by atoms with van der Waals surface area (Å²) in [6, 6.07) is 3.23. The molecule has 0 atom stereocenters. The van der Waals surface area contributed by atoms with E-state index in [2.05, 4.69) is 15.9 Å². The highest BCUT2D eigenvalue weighted by Crippen LogP contribution is 2.06. The van der Waals surface area contributed by atoms with Crippen LogP contribution in [0.15, 0.2) is 27.6 Å². The van der Waals surface area contributed by atoms with Crippen LogP contribution >= 0.6 is 15.9 Å². The van der Waals surface area contributed by atoms with Crippen molar-refractivity contribution < 1.29 is 9.90 Å². The zero-order chi connectivity index (χ0) is 12.0. The fraction of sp³-hybridized carbons (Fsp3) is 0.455. The lowest BCUT2D eigenvalue weighted by Gasteiger charge is -2.05. The van der Waals surface area contributed by atoms with Crippen LogP contribution in [0.25, 0.3) is 0 Å². The minimum atomic E-state index is -0.764. The zero-order valence-electron chi connectivity index (χ0n) is 8.86.